The summed E-state index contributed by atoms with van der Waals surface area (Å²) in [6, 6.07) is 1.38. The van der Waals surface area contributed by atoms with Crippen LogP contribution < -0.4 is 0 Å². The Bertz CT molecular complexity index is 273. The maximum absolute atomic E-state index is 6.57. The van der Waals surface area contributed by atoms with Gasteiger partial charge in [-0.2, -0.15) is 0 Å². The first-order valence-electron chi connectivity index (χ1n) is 7.88. The van der Waals surface area contributed by atoms with E-state index < -0.39 is 16.4 Å². The van der Waals surface area contributed by atoms with E-state index in [0.717, 1.165) is 0 Å². The van der Waals surface area contributed by atoms with E-state index in [9.17, 15) is 0 Å². The van der Waals surface area contributed by atoms with E-state index >= 15 is 0 Å². The number of hydrogen-bond acceptors (Lipinski definition) is 1. The smallest absolute Gasteiger partial charge is 0.184 e. The molecule has 116 valence electrons. The van der Waals surface area contributed by atoms with Crippen molar-refractivity contribution >= 4 is 16.4 Å². The molecule has 19 heavy (non-hydrogen) atoms. The van der Waals surface area contributed by atoms with Gasteiger partial charge in [-0.25, -0.2) is 0 Å². The lowest BCUT2D eigenvalue weighted by Gasteiger charge is -2.43. The first kappa shape index (κ1) is 19.4. The van der Waals surface area contributed by atoms with Crippen LogP contribution in [-0.4, -0.2) is 22.0 Å². The van der Waals surface area contributed by atoms with Gasteiger partial charge >= 0.3 is 0 Å². The fourth-order valence-electron chi connectivity index (χ4n) is 3.95. The van der Waals surface area contributed by atoms with Crippen molar-refractivity contribution < 1.29 is 4.43 Å². The zero-order valence-corrected chi connectivity index (χ0v) is 17.2. The SMILES string of the molecule is CCCC(C)(CC(C)(C)C[Si](C)(C)C)O[Si](C)(C)C. The second-order valence-electron chi connectivity index (χ2n) is 9.49. The van der Waals surface area contributed by atoms with Crippen LogP contribution in [-0.2, 0) is 4.43 Å². The standard InChI is InChI=1S/C16H38OSi2/c1-11-12-16(4,17-19(8,9)10)13-15(2,3)14-18(5,6)7/h11-14H2,1-10H3. The molecule has 0 spiro atoms. The minimum Gasteiger partial charge on any atom is -0.412 e. The van der Waals surface area contributed by atoms with Crippen LogP contribution in [0.15, 0.2) is 0 Å². The summed E-state index contributed by atoms with van der Waals surface area (Å²) >= 11 is 0. The Morgan fingerprint density at radius 3 is 1.68 bits per heavy atom. The summed E-state index contributed by atoms with van der Waals surface area (Å²) in [4.78, 5) is 0. The zero-order chi connectivity index (χ0) is 15.5. The van der Waals surface area contributed by atoms with Crippen molar-refractivity contribution in [2.24, 2.45) is 5.41 Å². The van der Waals surface area contributed by atoms with Gasteiger partial charge in [-0.15, -0.1) is 0 Å². The van der Waals surface area contributed by atoms with Crippen molar-refractivity contribution in [3.63, 3.8) is 0 Å². The minimum atomic E-state index is -1.48. The van der Waals surface area contributed by atoms with E-state index in [1.807, 2.05) is 0 Å². The maximum atomic E-state index is 6.57. The minimum absolute atomic E-state index is 0.0718. The molecule has 1 unspecified atom stereocenters. The van der Waals surface area contributed by atoms with Crippen molar-refractivity contribution in [3.05, 3.63) is 0 Å². The maximum Gasteiger partial charge on any atom is 0.184 e. The number of hydrogen-bond donors (Lipinski definition) is 0. The predicted molar refractivity (Wildman–Crippen MR) is 94.3 cm³/mol. The highest BCUT2D eigenvalue weighted by atomic mass is 28.4. The molecule has 0 amide bonds. The molecule has 0 rings (SSSR count). The van der Waals surface area contributed by atoms with Gasteiger partial charge < -0.3 is 4.43 Å². The second-order valence-corrected chi connectivity index (χ2v) is 19.4. The lowest BCUT2D eigenvalue weighted by molar-refractivity contribution is 0.0282. The van der Waals surface area contributed by atoms with E-state index in [-0.39, 0.29) is 5.60 Å². The van der Waals surface area contributed by atoms with Gasteiger partial charge in [-0.05, 0) is 44.8 Å². The molecule has 0 N–H and O–H groups in total. The molecule has 0 aliphatic carbocycles. The zero-order valence-electron chi connectivity index (χ0n) is 15.2. The molecule has 0 fully saturated rings. The summed E-state index contributed by atoms with van der Waals surface area (Å²) in [6.07, 6.45) is 3.60. The van der Waals surface area contributed by atoms with Crippen LogP contribution in [0.5, 0.6) is 0 Å². The normalized spacial score (nSPS) is 17.4. The van der Waals surface area contributed by atoms with Gasteiger partial charge in [-0.1, -0.05) is 52.9 Å². The van der Waals surface area contributed by atoms with Crippen LogP contribution >= 0.6 is 0 Å². The highest BCUT2D eigenvalue weighted by Gasteiger charge is 2.38. The summed E-state index contributed by atoms with van der Waals surface area (Å²) in [5, 5.41) is 0. The van der Waals surface area contributed by atoms with Crippen LogP contribution in [0.2, 0.25) is 45.3 Å². The third-order valence-electron chi connectivity index (χ3n) is 3.19. The molecule has 0 aromatic heterocycles. The summed E-state index contributed by atoms with van der Waals surface area (Å²) in [5.41, 5.74) is 0.469. The van der Waals surface area contributed by atoms with Gasteiger partial charge in [0, 0.05) is 8.07 Å². The Labute approximate surface area is 124 Å². The highest BCUT2D eigenvalue weighted by Crippen LogP contribution is 2.40. The van der Waals surface area contributed by atoms with Gasteiger partial charge in [-0.3, -0.25) is 0 Å². The van der Waals surface area contributed by atoms with E-state index in [1.165, 1.54) is 25.3 Å². The summed E-state index contributed by atoms with van der Waals surface area (Å²) in [5.74, 6) is 0. The molecule has 1 atom stereocenters. The first-order valence-corrected chi connectivity index (χ1v) is 15.0. The van der Waals surface area contributed by atoms with Gasteiger partial charge in [0.1, 0.15) is 0 Å². The molecule has 0 heterocycles. The first-order chi connectivity index (χ1) is 8.18. The van der Waals surface area contributed by atoms with E-state index in [2.05, 4.69) is 67.0 Å². The summed E-state index contributed by atoms with van der Waals surface area (Å²) < 4.78 is 6.57. The fraction of sp³-hybridized carbons (Fsp3) is 1.00. The predicted octanol–water partition coefficient (Wildman–Crippen LogP) is 6.15. The third kappa shape index (κ3) is 9.86. The molecule has 3 heteroatoms. The van der Waals surface area contributed by atoms with E-state index in [1.54, 1.807) is 0 Å². The Balaban J connectivity index is 4.91. The highest BCUT2D eigenvalue weighted by molar-refractivity contribution is 6.76. The molecule has 0 saturated heterocycles. The summed E-state index contributed by atoms with van der Waals surface area (Å²) in [7, 11) is -2.50. The van der Waals surface area contributed by atoms with Gasteiger partial charge in [0.05, 0.1) is 5.60 Å². The lowest BCUT2D eigenvalue weighted by atomic mass is 9.80. The quantitative estimate of drug-likeness (QED) is 0.488. The van der Waals surface area contributed by atoms with E-state index in [4.69, 9.17) is 4.43 Å². The Morgan fingerprint density at radius 1 is 0.895 bits per heavy atom. The van der Waals surface area contributed by atoms with Crippen LogP contribution in [0.25, 0.3) is 0 Å². The molecule has 0 aliphatic heterocycles. The van der Waals surface area contributed by atoms with Crippen LogP contribution in [0, 0.1) is 5.41 Å². The van der Waals surface area contributed by atoms with Crippen molar-refractivity contribution in [1.82, 2.24) is 0 Å². The molecule has 1 nitrogen and oxygen atoms in total. The van der Waals surface area contributed by atoms with Crippen LogP contribution in [0.3, 0.4) is 0 Å². The van der Waals surface area contributed by atoms with Crippen LogP contribution in [0.1, 0.15) is 47.0 Å². The molecule has 0 aromatic carbocycles. The van der Waals surface area contributed by atoms with Crippen molar-refractivity contribution in [1.29, 1.82) is 0 Å². The fourth-order valence-corrected chi connectivity index (χ4v) is 8.60. The Morgan fingerprint density at radius 2 is 1.37 bits per heavy atom. The molecular formula is C16H38OSi2. The van der Waals surface area contributed by atoms with Crippen molar-refractivity contribution in [2.45, 2.75) is 97.9 Å². The van der Waals surface area contributed by atoms with Gasteiger partial charge in [0.15, 0.2) is 8.32 Å². The van der Waals surface area contributed by atoms with Crippen LogP contribution in [0.4, 0.5) is 0 Å². The molecule has 0 aliphatic rings. The molecule has 0 radical (unpaired) electrons. The topological polar surface area (TPSA) is 9.23 Å². The molecule has 0 aromatic rings. The Hall–Kier alpha value is 0.394. The second kappa shape index (κ2) is 6.44. The van der Waals surface area contributed by atoms with Gasteiger partial charge in [0.25, 0.3) is 0 Å². The Kier molecular flexibility index (Phi) is 6.57. The van der Waals surface area contributed by atoms with Gasteiger partial charge in [0.2, 0.25) is 0 Å². The number of rotatable bonds is 8. The average molecular weight is 303 g/mol. The molecule has 0 saturated carbocycles. The summed E-state index contributed by atoms with van der Waals surface area (Å²) in [6.45, 7) is 23.9. The molecule has 0 bridgehead atoms. The third-order valence-corrected chi connectivity index (χ3v) is 6.32. The van der Waals surface area contributed by atoms with Crippen molar-refractivity contribution in [2.75, 3.05) is 0 Å². The average Bonchev–Trinajstić information content (AvgIpc) is 1.90. The largest absolute Gasteiger partial charge is 0.412 e. The lowest BCUT2D eigenvalue weighted by Crippen LogP contribution is -2.44. The monoisotopic (exact) mass is 302 g/mol. The molecular weight excluding hydrogens is 264 g/mol. The van der Waals surface area contributed by atoms with E-state index in [0.29, 0.717) is 5.41 Å². The van der Waals surface area contributed by atoms with Crippen molar-refractivity contribution in [3.8, 4) is 0 Å².